The molecule has 1 heterocycles. The fourth-order valence-corrected chi connectivity index (χ4v) is 2.11. The number of aliphatic imine (C=N–C) groups is 1. The number of sulfone groups is 1. The number of guanidine groups is 1. The van der Waals surface area contributed by atoms with Gasteiger partial charge in [-0.15, -0.1) is 24.0 Å². The van der Waals surface area contributed by atoms with Gasteiger partial charge in [-0.2, -0.15) is 0 Å². The van der Waals surface area contributed by atoms with Gasteiger partial charge in [-0.05, 0) is 25.5 Å². The Labute approximate surface area is 137 Å². The minimum atomic E-state index is -2.90. The summed E-state index contributed by atoms with van der Waals surface area (Å²) in [4.78, 5) is 4.34. The molecule has 0 aromatic carbocycles. The van der Waals surface area contributed by atoms with E-state index in [0.717, 1.165) is 12.3 Å². The summed E-state index contributed by atoms with van der Waals surface area (Å²) in [6, 6.07) is 3.67. The Balaban J connectivity index is 0.00000361. The largest absolute Gasteiger partial charge is 0.467 e. The molecule has 6 nitrogen and oxygen atoms in total. The Morgan fingerprint density at radius 1 is 1.40 bits per heavy atom. The van der Waals surface area contributed by atoms with Crippen LogP contribution in [0.2, 0.25) is 0 Å². The van der Waals surface area contributed by atoms with Crippen LogP contribution in [-0.4, -0.2) is 39.5 Å². The molecule has 2 N–H and O–H groups in total. The van der Waals surface area contributed by atoms with Crippen molar-refractivity contribution in [2.24, 2.45) is 4.99 Å². The lowest BCUT2D eigenvalue weighted by atomic mass is 10.4. The first-order valence-corrected chi connectivity index (χ1v) is 8.29. The molecule has 0 aliphatic rings. The molecular weight excluding hydrogens is 393 g/mol. The summed E-state index contributed by atoms with van der Waals surface area (Å²) >= 11 is 0. The summed E-state index contributed by atoms with van der Waals surface area (Å²) in [5.41, 5.74) is 0. The maximum absolute atomic E-state index is 11.0. The summed E-state index contributed by atoms with van der Waals surface area (Å²) < 4.78 is 27.2. The molecule has 0 bridgehead atoms. The number of nitrogens with zero attached hydrogens (tertiary/aromatic N) is 1. The molecule has 0 atom stereocenters. The molecule has 1 rings (SSSR count). The lowest BCUT2D eigenvalue weighted by Gasteiger charge is -2.10. The number of nitrogens with one attached hydrogen (secondary N) is 2. The van der Waals surface area contributed by atoms with Gasteiger partial charge in [0.25, 0.3) is 0 Å². The molecule has 0 aliphatic heterocycles. The Kier molecular flexibility index (Phi) is 9.64. The van der Waals surface area contributed by atoms with Crippen LogP contribution in [0.4, 0.5) is 0 Å². The van der Waals surface area contributed by atoms with Gasteiger partial charge in [0.2, 0.25) is 0 Å². The fourth-order valence-electron chi connectivity index (χ4n) is 1.44. The van der Waals surface area contributed by atoms with E-state index in [4.69, 9.17) is 4.42 Å². The highest BCUT2D eigenvalue weighted by Crippen LogP contribution is 2.01. The van der Waals surface area contributed by atoms with Gasteiger partial charge in [-0.3, -0.25) is 0 Å². The van der Waals surface area contributed by atoms with E-state index in [0.29, 0.717) is 25.5 Å². The van der Waals surface area contributed by atoms with E-state index < -0.39 is 9.84 Å². The molecule has 0 spiro atoms. The smallest absolute Gasteiger partial charge is 0.191 e. The molecule has 116 valence electrons. The minimum absolute atomic E-state index is 0. The van der Waals surface area contributed by atoms with Crippen LogP contribution in [0.15, 0.2) is 27.8 Å². The quantitative estimate of drug-likeness (QED) is 0.304. The third-order valence-electron chi connectivity index (χ3n) is 2.30. The van der Waals surface area contributed by atoms with Crippen molar-refractivity contribution in [3.8, 4) is 0 Å². The van der Waals surface area contributed by atoms with Crippen LogP contribution in [0.3, 0.4) is 0 Å². The standard InChI is InChI=1S/C12H21N3O3S.HI/c1-3-13-12(14-7-5-9-19(2,16)17)15-10-11-6-4-8-18-11;/h4,6,8H,3,5,7,9-10H2,1-2H3,(H2,13,14,15);1H. The minimum Gasteiger partial charge on any atom is -0.467 e. The topological polar surface area (TPSA) is 83.7 Å². The van der Waals surface area contributed by atoms with Crippen LogP contribution in [0.25, 0.3) is 0 Å². The SMILES string of the molecule is CCNC(=NCc1ccco1)NCCCS(C)(=O)=O.I. The zero-order valence-electron chi connectivity index (χ0n) is 11.8. The van der Waals surface area contributed by atoms with E-state index in [1.165, 1.54) is 6.26 Å². The van der Waals surface area contributed by atoms with E-state index in [2.05, 4.69) is 15.6 Å². The molecule has 0 saturated heterocycles. The van der Waals surface area contributed by atoms with Gasteiger partial charge in [0.15, 0.2) is 5.96 Å². The van der Waals surface area contributed by atoms with Crippen molar-refractivity contribution in [1.29, 1.82) is 0 Å². The fraction of sp³-hybridized carbons (Fsp3) is 0.583. The average Bonchev–Trinajstić information content (AvgIpc) is 2.83. The molecule has 0 aliphatic carbocycles. The van der Waals surface area contributed by atoms with Crippen LogP contribution in [-0.2, 0) is 16.4 Å². The van der Waals surface area contributed by atoms with E-state index in [1.54, 1.807) is 6.26 Å². The van der Waals surface area contributed by atoms with Crippen LogP contribution < -0.4 is 10.6 Å². The first-order valence-electron chi connectivity index (χ1n) is 6.23. The lowest BCUT2D eigenvalue weighted by molar-refractivity contribution is 0.512. The van der Waals surface area contributed by atoms with Gasteiger partial charge >= 0.3 is 0 Å². The van der Waals surface area contributed by atoms with Gasteiger partial charge in [-0.1, -0.05) is 0 Å². The first kappa shape index (κ1) is 19.2. The molecule has 0 saturated carbocycles. The Hall–Kier alpha value is -0.770. The van der Waals surface area contributed by atoms with Crippen LogP contribution >= 0.6 is 24.0 Å². The third-order valence-corrected chi connectivity index (χ3v) is 3.33. The Bertz CT molecular complexity index is 486. The summed E-state index contributed by atoms with van der Waals surface area (Å²) in [7, 11) is -2.90. The highest BCUT2D eigenvalue weighted by Gasteiger charge is 2.02. The normalized spacial score (nSPS) is 11.8. The van der Waals surface area contributed by atoms with Crippen molar-refractivity contribution in [1.82, 2.24) is 10.6 Å². The number of hydrogen-bond donors (Lipinski definition) is 2. The van der Waals surface area contributed by atoms with Crippen LogP contribution in [0.5, 0.6) is 0 Å². The van der Waals surface area contributed by atoms with Crippen molar-refractivity contribution in [2.75, 3.05) is 25.1 Å². The molecule has 1 aromatic heterocycles. The van der Waals surface area contributed by atoms with Gasteiger partial charge < -0.3 is 15.1 Å². The van der Waals surface area contributed by atoms with Crippen molar-refractivity contribution in [2.45, 2.75) is 19.9 Å². The average molecular weight is 415 g/mol. The zero-order valence-corrected chi connectivity index (χ0v) is 14.9. The van der Waals surface area contributed by atoms with E-state index >= 15 is 0 Å². The molecule has 0 radical (unpaired) electrons. The van der Waals surface area contributed by atoms with Gasteiger partial charge in [0.05, 0.1) is 12.0 Å². The highest BCUT2D eigenvalue weighted by atomic mass is 127. The number of halogens is 1. The van der Waals surface area contributed by atoms with E-state index in [9.17, 15) is 8.42 Å². The zero-order chi connectivity index (χ0) is 14.1. The number of rotatable bonds is 7. The van der Waals surface area contributed by atoms with Gasteiger partial charge in [0, 0.05) is 19.3 Å². The summed E-state index contributed by atoms with van der Waals surface area (Å²) in [6.07, 6.45) is 3.41. The number of hydrogen-bond acceptors (Lipinski definition) is 4. The molecule has 20 heavy (non-hydrogen) atoms. The highest BCUT2D eigenvalue weighted by molar-refractivity contribution is 14.0. The molecule has 8 heteroatoms. The molecule has 0 unspecified atom stereocenters. The van der Waals surface area contributed by atoms with Crippen molar-refractivity contribution in [3.05, 3.63) is 24.2 Å². The van der Waals surface area contributed by atoms with Crippen molar-refractivity contribution >= 4 is 39.8 Å². The molecule has 0 fully saturated rings. The second-order valence-electron chi connectivity index (χ2n) is 4.18. The van der Waals surface area contributed by atoms with Crippen LogP contribution in [0, 0.1) is 0 Å². The maximum atomic E-state index is 11.0. The lowest BCUT2D eigenvalue weighted by Crippen LogP contribution is -2.38. The summed E-state index contributed by atoms with van der Waals surface area (Å²) in [6.45, 7) is 3.74. The monoisotopic (exact) mass is 415 g/mol. The van der Waals surface area contributed by atoms with Crippen molar-refractivity contribution < 1.29 is 12.8 Å². The van der Waals surface area contributed by atoms with E-state index in [-0.39, 0.29) is 29.7 Å². The third kappa shape index (κ3) is 9.18. The Morgan fingerprint density at radius 3 is 2.70 bits per heavy atom. The van der Waals surface area contributed by atoms with Gasteiger partial charge in [0.1, 0.15) is 22.1 Å². The van der Waals surface area contributed by atoms with Gasteiger partial charge in [-0.25, -0.2) is 13.4 Å². The molecule has 1 aromatic rings. The first-order chi connectivity index (χ1) is 9.01. The molecular formula is C12H22IN3O3S. The second kappa shape index (κ2) is 10.0. The van der Waals surface area contributed by atoms with Crippen LogP contribution in [0.1, 0.15) is 19.1 Å². The van der Waals surface area contributed by atoms with E-state index in [1.807, 2.05) is 19.1 Å². The second-order valence-corrected chi connectivity index (χ2v) is 6.44. The predicted molar refractivity (Wildman–Crippen MR) is 91.3 cm³/mol. The predicted octanol–water partition coefficient (Wildman–Crippen LogP) is 1.39. The van der Waals surface area contributed by atoms with Crippen molar-refractivity contribution in [3.63, 3.8) is 0 Å². The molecule has 0 amide bonds. The Morgan fingerprint density at radius 2 is 2.15 bits per heavy atom. The summed E-state index contributed by atoms with van der Waals surface area (Å²) in [5.74, 6) is 1.62. The summed E-state index contributed by atoms with van der Waals surface area (Å²) in [5, 5.41) is 6.18. The number of furan rings is 1. The maximum Gasteiger partial charge on any atom is 0.191 e.